The SMILES string of the molecule is C[C@H](NC(=O)[C@@H](c1cccnc1)N(C(=O)C(Cl)Cl)c1ccc(-c2ccccc2)cc1)c1ccc(Br)cc1. The zero-order valence-corrected chi connectivity index (χ0v) is 23.0. The molecule has 0 aliphatic carbocycles. The molecule has 1 heterocycles. The van der Waals surface area contributed by atoms with Crippen molar-refractivity contribution in [1.82, 2.24) is 10.3 Å². The van der Waals surface area contributed by atoms with E-state index in [0.29, 0.717) is 11.3 Å². The number of carbonyl (C=O) groups is 2. The van der Waals surface area contributed by atoms with Gasteiger partial charge in [0, 0.05) is 28.1 Å². The summed E-state index contributed by atoms with van der Waals surface area (Å²) in [4.78, 5) is 31.3. The van der Waals surface area contributed by atoms with E-state index in [1.165, 1.54) is 4.90 Å². The number of hydrogen-bond acceptors (Lipinski definition) is 3. The molecule has 8 heteroatoms. The quantitative estimate of drug-likeness (QED) is 0.218. The van der Waals surface area contributed by atoms with E-state index in [9.17, 15) is 9.59 Å². The molecule has 0 spiro atoms. The van der Waals surface area contributed by atoms with E-state index in [4.69, 9.17) is 23.2 Å². The van der Waals surface area contributed by atoms with Crippen LogP contribution in [0.3, 0.4) is 0 Å². The molecule has 2 amide bonds. The van der Waals surface area contributed by atoms with Crippen LogP contribution in [-0.4, -0.2) is 21.6 Å². The second-order valence-corrected chi connectivity index (χ2v) is 10.4. The van der Waals surface area contributed by atoms with E-state index in [2.05, 4.69) is 26.2 Å². The first-order valence-corrected chi connectivity index (χ1v) is 13.2. The Labute approximate surface area is 234 Å². The van der Waals surface area contributed by atoms with Gasteiger partial charge in [0.15, 0.2) is 4.84 Å². The largest absolute Gasteiger partial charge is 0.347 e. The van der Waals surface area contributed by atoms with Gasteiger partial charge in [0.1, 0.15) is 6.04 Å². The first kappa shape index (κ1) is 26.9. The molecule has 2 atom stereocenters. The molecule has 3 aromatic carbocycles. The van der Waals surface area contributed by atoms with Gasteiger partial charge in [-0.05, 0) is 53.9 Å². The van der Waals surface area contributed by atoms with Crippen LogP contribution in [0.5, 0.6) is 0 Å². The van der Waals surface area contributed by atoms with Crippen molar-refractivity contribution >= 4 is 56.6 Å². The second kappa shape index (κ2) is 12.4. The molecule has 0 saturated heterocycles. The van der Waals surface area contributed by atoms with Crippen LogP contribution < -0.4 is 10.2 Å². The van der Waals surface area contributed by atoms with Crippen LogP contribution >= 0.6 is 39.1 Å². The molecule has 0 aliphatic heterocycles. The molecule has 0 unspecified atom stereocenters. The number of alkyl halides is 2. The third kappa shape index (κ3) is 6.58. The lowest BCUT2D eigenvalue weighted by Crippen LogP contribution is -2.46. The third-order valence-corrected chi connectivity index (χ3v) is 6.81. The number of halogens is 3. The Morgan fingerprint density at radius 3 is 2.08 bits per heavy atom. The smallest absolute Gasteiger partial charge is 0.261 e. The van der Waals surface area contributed by atoms with E-state index in [1.807, 2.05) is 73.7 Å². The summed E-state index contributed by atoms with van der Waals surface area (Å²) >= 11 is 15.6. The fourth-order valence-electron chi connectivity index (χ4n) is 4.04. The summed E-state index contributed by atoms with van der Waals surface area (Å²) in [6.45, 7) is 1.88. The molecule has 0 radical (unpaired) electrons. The van der Waals surface area contributed by atoms with Crippen LogP contribution in [0, 0.1) is 0 Å². The summed E-state index contributed by atoms with van der Waals surface area (Å²) in [5, 5.41) is 3.03. The van der Waals surface area contributed by atoms with Crippen molar-refractivity contribution in [3.05, 3.63) is 119 Å². The summed E-state index contributed by atoms with van der Waals surface area (Å²) in [5.41, 5.74) is 3.92. The van der Waals surface area contributed by atoms with Crippen LogP contribution in [0.15, 0.2) is 108 Å². The van der Waals surface area contributed by atoms with Crippen molar-refractivity contribution in [2.75, 3.05) is 4.90 Å². The molecule has 37 heavy (non-hydrogen) atoms. The van der Waals surface area contributed by atoms with Gasteiger partial charge in [-0.1, -0.05) is 99.8 Å². The maximum Gasteiger partial charge on any atom is 0.261 e. The predicted molar refractivity (Wildman–Crippen MR) is 153 cm³/mol. The number of anilines is 1. The van der Waals surface area contributed by atoms with Crippen LogP contribution in [0.25, 0.3) is 11.1 Å². The highest BCUT2D eigenvalue weighted by atomic mass is 79.9. The Bertz CT molecular complexity index is 1340. The van der Waals surface area contributed by atoms with E-state index in [0.717, 1.165) is 21.2 Å². The molecule has 188 valence electrons. The molecule has 1 N–H and O–H groups in total. The summed E-state index contributed by atoms with van der Waals surface area (Å²) in [6, 6.07) is 27.0. The van der Waals surface area contributed by atoms with Gasteiger partial charge in [-0.3, -0.25) is 19.5 Å². The van der Waals surface area contributed by atoms with Gasteiger partial charge in [-0.2, -0.15) is 0 Å². The molecule has 5 nitrogen and oxygen atoms in total. The monoisotopic (exact) mass is 595 g/mol. The minimum Gasteiger partial charge on any atom is -0.347 e. The zero-order valence-electron chi connectivity index (χ0n) is 19.9. The van der Waals surface area contributed by atoms with Crippen molar-refractivity contribution in [1.29, 1.82) is 0 Å². The van der Waals surface area contributed by atoms with E-state index in [-0.39, 0.29) is 6.04 Å². The van der Waals surface area contributed by atoms with Crippen molar-refractivity contribution in [3.8, 4) is 11.1 Å². The number of aromatic nitrogens is 1. The van der Waals surface area contributed by atoms with E-state index < -0.39 is 22.7 Å². The minimum absolute atomic E-state index is 0.319. The molecular formula is C29H24BrCl2N3O2. The molecule has 4 aromatic rings. The van der Waals surface area contributed by atoms with Gasteiger partial charge in [-0.25, -0.2) is 0 Å². The summed E-state index contributed by atoms with van der Waals surface area (Å²) in [7, 11) is 0. The van der Waals surface area contributed by atoms with Crippen molar-refractivity contribution in [2.24, 2.45) is 0 Å². The molecule has 0 saturated carbocycles. The highest BCUT2D eigenvalue weighted by molar-refractivity contribution is 9.10. The summed E-state index contributed by atoms with van der Waals surface area (Å²) in [5.74, 6) is -1.01. The highest BCUT2D eigenvalue weighted by Gasteiger charge is 2.36. The molecule has 0 fully saturated rings. The van der Waals surface area contributed by atoms with Crippen molar-refractivity contribution in [3.63, 3.8) is 0 Å². The maximum absolute atomic E-state index is 13.8. The van der Waals surface area contributed by atoms with Gasteiger partial charge in [0.2, 0.25) is 5.91 Å². The fraction of sp³-hybridized carbons (Fsp3) is 0.138. The topological polar surface area (TPSA) is 62.3 Å². The number of nitrogens with one attached hydrogen (secondary N) is 1. The second-order valence-electron chi connectivity index (χ2n) is 8.39. The molecule has 0 bridgehead atoms. The lowest BCUT2D eigenvalue weighted by molar-refractivity contribution is -0.126. The fourth-order valence-corrected chi connectivity index (χ4v) is 4.51. The van der Waals surface area contributed by atoms with Gasteiger partial charge in [0.25, 0.3) is 5.91 Å². The van der Waals surface area contributed by atoms with Crippen LogP contribution in [-0.2, 0) is 9.59 Å². The Hall–Kier alpha value is -3.19. The number of amides is 2. The normalized spacial score (nSPS) is 12.6. The standard InChI is InChI=1S/C29H24BrCl2N3O2/c1-19(20-9-13-24(30)14-10-20)34-28(36)26(23-8-5-17-33-18-23)35(29(37)27(31)32)25-15-11-22(12-16-25)21-6-3-2-4-7-21/h2-19,26-27H,1H3,(H,34,36)/t19-,26+/m0/s1. The van der Waals surface area contributed by atoms with E-state index >= 15 is 0 Å². The highest BCUT2D eigenvalue weighted by Crippen LogP contribution is 2.32. The molecular weight excluding hydrogens is 573 g/mol. The van der Waals surface area contributed by atoms with Gasteiger partial charge < -0.3 is 5.32 Å². The first-order valence-electron chi connectivity index (χ1n) is 11.6. The van der Waals surface area contributed by atoms with Gasteiger partial charge in [-0.15, -0.1) is 0 Å². The lowest BCUT2D eigenvalue weighted by Gasteiger charge is -2.32. The average Bonchev–Trinajstić information content (AvgIpc) is 2.92. The average molecular weight is 597 g/mol. The van der Waals surface area contributed by atoms with Gasteiger partial charge >= 0.3 is 0 Å². The predicted octanol–water partition coefficient (Wildman–Crippen LogP) is 7.27. The third-order valence-electron chi connectivity index (χ3n) is 5.91. The first-order chi connectivity index (χ1) is 17.8. The van der Waals surface area contributed by atoms with Crippen LogP contribution in [0.1, 0.15) is 30.1 Å². The Balaban J connectivity index is 1.73. The summed E-state index contributed by atoms with van der Waals surface area (Å²) < 4.78 is 0.939. The van der Waals surface area contributed by atoms with Crippen LogP contribution in [0.2, 0.25) is 0 Å². The van der Waals surface area contributed by atoms with Gasteiger partial charge in [0.05, 0.1) is 6.04 Å². The zero-order chi connectivity index (χ0) is 26.4. The van der Waals surface area contributed by atoms with Crippen LogP contribution in [0.4, 0.5) is 5.69 Å². The number of nitrogens with zero attached hydrogens (tertiary/aromatic N) is 2. The summed E-state index contributed by atoms with van der Waals surface area (Å²) in [6.07, 6.45) is 3.17. The lowest BCUT2D eigenvalue weighted by atomic mass is 10.0. The molecule has 0 aliphatic rings. The molecule has 4 rings (SSSR count). The maximum atomic E-state index is 13.8. The number of rotatable bonds is 8. The Morgan fingerprint density at radius 2 is 1.49 bits per heavy atom. The van der Waals surface area contributed by atoms with E-state index in [1.54, 1.807) is 36.7 Å². The Morgan fingerprint density at radius 1 is 0.838 bits per heavy atom. The number of hydrogen-bond donors (Lipinski definition) is 1. The number of benzene rings is 3. The number of carbonyl (C=O) groups excluding carboxylic acids is 2. The van der Waals surface area contributed by atoms with Crippen molar-refractivity contribution in [2.45, 2.75) is 23.8 Å². The Kier molecular flexibility index (Phi) is 8.98. The number of pyridine rings is 1. The minimum atomic E-state index is -1.37. The molecule has 1 aromatic heterocycles. The van der Waals surface area contributed by atoms with Crippen molar-refractivity contribution < 1.29 is 9.59 Å².